The summed E-state index contributed by atoms with van der Waals surface area (Å²) in [6, 6.07) is 4.49. The molecule has 0 saturated carbocycles. The van der Waals surface area contributed by atoms with Crippen LogP contribution in [0.15, 0.2) is 24.3 Å². The highest BCUT2D eigenvalue weighted by atomic mass is 16.6. The van der Waals surface area contributed by atoms with Crippen LogP contribution in [0.3, 0.4) is 0 Å². The van der Waals surface area contributed by atoms with Gasteiger partial charge in [0, 0.05) is 25.7 Å². The number of nitro groups is 1. The normalized spacial score (nSPS) is 11.6. The van der Waals surface area contributed by atoms with Crippen molar-refractivity contribution in [2.45, 2.75) is 19.5 Å². The number of nitrogens with zero attached hydrogens (tertiary/aromatic N) is 2. The van der Waals surface area contributed by atoms with E-state index in [0.717, 1.165) is 0 Å². The van der Waals surface area contributed by atoms with Gasteiger partial charge in [0.25, 0.3) is 11.6 Å². The number of amides is 1. The smallest absolute Gasteiger partial charge is 0.332 e. The first-order valence-corrected chi connectivity index (χ1v) is 6.27. The summed E-state index contributed by atoms with van der Waals surface area (Å²) in [6.45, 7) is 1.85. The number of carbonyl (C=O) groups is 2. The molecule has 0 aliphatic heterocycles. The number of ether oxygens (including phenoxy) is 1. The van der Waals surface area contributed by atoms with Crippen LogP contribution in [0.25, 0.3) is 0 Å². The van der Waals surface area contributed by atoms with Gasteiger partial charge >= 0.3 is 5.97 Å². The lowest BCUT2D eigenvalue weighted by Crippen LogP contribution is -2.47. The molecule has 1 unspecified atom stereocenters. The summed E-state index contributed by atoms with van der Waals surface area (Å²) in [5.74, 6) is -1.41. The minimum Gasteiger partial charge on any atom is -0.464 e. The fourth-order valence-corrected chi connectivity index (χ4v) is 1.69. The molecule has 0 heterocycles. The van der Waals surface area contributed by atoms with Gasteiger partial charge < -0.3 is 15.4 Å². The maximum absolute atomic E-state index is 11.9. The first-order chi connectivity index (χ1) is 9.86. The number of benzene rings is 1. The Kier molecular flexibility index (Phi) is 5.79. The predicted molar refractivity (Wildman–Crippen MR) is 74.2 cm³/mol. The summed E-state index contributed by atoms with van der Waals surface area (Å²) < 4.78 is 4.67. The zero-order valence-corrected chi connectivity index (χ0v) is 11.8. The van der Waals surface area contributed by atoms with E-state index in [-0.39, 0.29) is 18.8 Å². The summed E-state index contributed by atoms with van der Waals surface area (Å²) in [7, 11) is 1.46. The van der Waals surface area contributed by atoms with Crippen molar-refractivity contribution in [3.8, 4) is 0 Å². The lowest BCUT2D eigenvalue weighted by Gasteiger charge is -2.20. The van der Waals surface area contributed by atoms with Gasteiger partial charge in [-0.1, -0.05) is 12.1 Å². The lowest BCUT2D eigenvalue weighted by molar-refractivity contribution is -0.384. The number of non-ortho nitro benzene ring substituents is 1. The molecule has 0 aliphatic rings. The molecule has 0 bridgehead atoms. The highest BCUT2D eigenvalue weighted by molar-refractivity contribution is 6.01. The van der Waals surface area contributed by atoms with E-state index >= 15 is 0 Å². The second-order valence-corrected chi connectivity index (χ2v) is 4.35. The average Bonchev–Trinajstić information content (AvgIpc) is 2.46. The molecule has 1 atom stereocenters. The van der Waals surface area contributed by atoms with Gasteiger partial charge in [0.05, 0.1) is 11.5 Å². The molecule has 0 aliphatic carbocycles. The summed E-state index contributed by atoms with van der Waals surface area (Å²) in [6.07, 6.45) is 0. The Labute approximate surface area is 121 Å². The number of nitro benzene ring substituents is 1. The standard InChI is InChI=1S/C13H17N3O5/c1-3-21-13(18)11(14)12(17)15(2)8-9-5-4-6-10(7-9)16(19)20/h4-7,11H,3,8,14H2,1-2H3. The zero-order chi connectivity index (χ0) is 16.0. The molecule has 8 heteroatoms. The number of rotatable bonds is 6. The Morgan fingerprint density at radius 2 is 2.14 bits per heavy atom. The average molecular weight is 295 g/mol. The second kappa shape index (κ2) is 7.34. The van der Waals surface area contributed by atoms with Crippen LogP contribution < -0.4 is 5.73 Å². The van der Waals surface area contributed by atoms with Crippen molar-refractivity contribution in [1.82, 2.24) is 4.90 Å². The molecule has 21 heavy (non-hydrogen) atoms. The van der Waals surface area contributed by atoms with Crippen LogP contribution in [0.4, 0.5) is 5.69 Å². The van der Waals surface area contributed by atoms with Crippen LogP contribution in [-0.2, 0) is 20.9 Å². The Hall–Kier alpha value is -2.48. The lowest BCUT2D eigenvalue weighted by atomic mass is 10.2. The van der Waals surface area contributed by atoms with Gasteiger partial charge in [0.2, 0.25) is 0 Å². The van der Waals surface area contributed by atoms with Gasteiger partial charge in [0.1, 0.15) is 0 Å². The van der Waals surface area contributed by atoms with Crippen molar-refractivity contribution >= 4 is 17.6 Å². The Balaban J connectivity index is 2.74. The molecular weight excluding hydrogens is 278 g/mol. The minimum atomic E-state index is -1.39. The quantitative estimate of drug-likeness (QED) is 0.352. The third-order valence-corrected chi connectivity index (χ3v) is 2.72. The largest absolute Gasteiger partial charge is 0.464 e. The van der Waals surface area contributed by atoms with E-state index in [1.807, 2.05) is 0 Å². The molecular formula is C13H17N3O5. The third-order valence-electron chi connectivity index (χ3n) is 2.72. The SMILES string of the molecule is CCOC(=O)C(N)C(=O)N(C)Cc1cccc([N+](=O)[O-])c1. The number of nitrogens with two attached hydrogens (primary N) is 1. The van der Waals surface area contributed by atoms with Gasteiger partial charge in [-0.05, 0) is 12.5 Å². The molecule has 0 fully saturated rings. The third kappa shape index (κ3) is 4.53. The minimum absolute atomic E-state index is 0.0666. The van der Waals surface area contributed by atoms with Crippen LogP contribution in [0.1, 0.15) is 12.5 Å². The highest BCUT2D eigenvalue weighted by Gasteiger charge is 2.26. The number of likely N-dealkylation sites (N-methyl/N-ethyl adjacent to an activating group) is 1. The van der Waals surface area contributed by atoms with Crippen LogP contribution in [0, 0.1) is 10.1 Å². The Morgan fingerprint density at radius 1 is 1.48 bits per heavy atom. The molecule has 114 valence electrons. The molecule has 1 aromatic carbocycles. The van der Waals surface area contributed by atoms with Crippen molar-refractivity contribution in [3.63, 3.8) is 0 Å². The Bertz CT molecular complexity index is 546. The fraction of sp³-hybridized carbons (Fsp3) is 0.385. The van der Waals surface area contributed by atoms with Crippen LogP contribution >= 0.6 is 0 Å². The summed E-state index contributed by atoms with van der Waals surface area (Å²) >= 11 is 0. The van der Waals surface area contributed by atoms with Crippen molar-refractivity contribution in [2.24, 2.45) is 5.73 Å². The van der Waals surface area contributed by atoms with Gasteiger partial charge in [-0.15, -0.1) is 0 Å². The van der Waals surface area contributed by atoms with E-state index in [9.17, 15) is 19.7 Å². The van der Waals surface area contributed by atoms with E-state index in [4.69, 9.17) is 5.73 Å². The maximum Gasteiger partial charge on any atom is 0.332 e. The second-order valence-electron chi connectivity index (χ2n) is 4.35. The first kappa shape index (κ1) is 16.6. The molecule has 1 aromatic rings. The Morgan fingerprint density at radius 3 is 2.71 bits per heavy atom. The first-order valence-electron chi connectivity index (χ1n) is 6.27. The fourth-order valence-electron chi connectivity index (χ4n) is 1.69. The van der Waals surface area contributed by atoms with Gasteiger partial charge in [-0.25, -0.2) is 4.79 Å². The van der Waals surface area contributed by atoms with E-state index in [2.05, 4.69) is 4.74 Å². The summed E-state index contributed by atoms with van der Waals surface area (Å²) in [5, 5.41) is 10.7. The molecule has 1 rings (SSSR count). The van der Waals surface area contributed by atoms with E-state index in [0.29, 0.717) is 5.56 Å². The zero-order valence-electron chi connectivity index (χ0n) is 11.8. The molecule has 2 N–H and O–H groups in total. The van der Waals surface area contributed by atoms with Crippen molar-refractivity contribution in [1.29, 1.82) is 0 Å². The van der Waals surface area contributed by atoms with Gasteiger partial charge in [-0.2, -0.15) is 0 Å². The number of carbonyl (C=O) groups excluding carboxylic acids is 2. The number of hydrogen-bond acceptors (Lipinski definition) is 6. The summed E-state index contributed by atoms with van der Waals surface area (Å²) in [5.41, 5.74) is 6.00. The molecule has 1 amide bonds. The molecule has 0 saturated heterocycles. The molecule has 0 spiro atoms. The highest BCUT2D eigenvalue weighted by Crippen LogP contribution is 2.14. The van der Waals surface area contributed by atoms with Crippen molar-refractivity contribution in [3.05, 3.63) is 39.9 Å². The van der Waals surface area contributed by atoms with Crippen LogP contribution in [0.5, 0.6) is 0 Å². The number of hydrogen-bond donors (Lipinski definition) is 1. The van der Waals surface area contributed by atoms with E-state index in [1.54, 1.807) is 13.0 Å². The molecule has 0 aromatic heterocycles. The van der Waals surface area contributed by atoms with Gasteiger partial charge in [-0.3, -0.25) is 14.9 Å². The number of esters is 1. The van der Waals surface area contributed by atoms with Gasteiger partial charge in [0.15, 0.2) is 6.04 Å². The van der Waals surface area contributed by atoms with Crippen molar-refractivity contribution < 1.29 is 19.2 Å². The molecule has 0 radical (unpaired) electrons. The van der Waals surface area contributed by atoms with Crippen LogP contribution in [-0.4, -0.2) is 41.4 Å². The topological polar surface area (TPSA) is 116 Å². The van der Waals surface area contributed by atoms with Crippen molar-refractivity contribution in [2.75, 3.05) is 13.7 Å². The maximum atomic E-state index is 11.9. The predicted octanol–water partition coefficient (Wildman–Crippen LogP) is 0.444. The van der Waals surface area contributed by atoms with E-state index in [1.165, 1.54) is 30.1 Å². The summed E-state index contributed by atoms with van der Waals surface area (Å²) in [4.78, 5) is 34.7. The molecule has 8 nitrogen and oxygen atoms in total. The monoisotopic (exact) mass is 295 g/mol. The van der Waals surface area contributed by atoms with E-state index < -0.39 is 22.8 Å². The van der Waals surface area contributed by atoms with Crippen LogP contribution in [0.2, 0.25) is 0 Å².